The normalized spacial score (nSPS) is 18.2. The Morgan fingerprint density at radius 2 is 2.00 bits per heavy atom. The molecule has 1 fully saturated rings. The van der Waals surface area contributed by atoms with Crippen LogP contribution in [0.4, 0.5) is 17.1 Å². The molecule has 0 radical (unpaired) electrons. The second-order valence-electron chi connectivity index (χ2n) is 7.88. The summed E-state index contributed by atoms with van der Waals surface area (Å²) < 4.78 is 0. The van der Waals surface area contributed by atoms with Gasteiger partial charge < -0.3 is 10.2 Å². The highest BCUT2D eigenvalue weighted by Gasteiger charge is 2.39. The Hall–Kier alpha value is -3.74. The number of hydrogen-bond acceptors (Lipinski definition) is 8. The molecule has 2 aliphatic rings. The number of nitriles is 1. The van der Waals surface area contributed by atoms with Gasteiger partial charge in [-0.1, -0.05) is 30.0 Å². The fraction of sp³-hybridized carbons (Fsp3) is 0.154. The van der Waals surface area contributed by atoms with E-state index in [2.05, 4.69) is 33.4 Å². The van der Waals surface area contributed by atoms with Crippen molar-refractivity contribution in [2.75, 3.05) is 23.8 Å². The minimum absolute atomic E-state index is 0.0930. The second kappa shape index (κ2) is 9.86. The van der Waals surface area contributed by atoms with Crippen molar-refractivity contribution in [1.29, 1.82) is 5.26 Å². The summed E-state index contributed by atoms with van der Waals surface area (Å²) in [5, 5.41) is 14.2. The molecule has 2 aliphatic heterocycles. The molecular weight excluding hydrogens is 476 g/mol. The molecule has 3 heterocycles. The zero-order chi connectivity index (χ0) is 24.4. The lowest BCUT2D eigenvalue weighted by Gasteiger charge is -2.16. The van der Waals surface area contributed by atoms with Gasteiger partial charge in [0.05, 0.1) is 34.2 Å². The van der Waals surface area contributed by atoms with E-state index in [-0.39, 0.29) is 5.91 Å². The maximum atomic E-state index is 13.7. The smallest absolute Gasteiger partial charge is 0.269 e. The summed E-state index contributed by atoms with van der Waals surface area (Å²) >= 11 is 2.96. The van der Waals surface area contributed by atoms with E-state index >= 15 is 0 Å². The molecule has 0 atom stereocenters. The van der Waals surface area contributed by atoms with Gasteiger partial charge in [0.25, 0.3) is 5.91 Å². The maximum Gasteiger partial charge on any atom is 0.269 e. The van der Waals surface area contributed by atoms with E-state index in [1.54, 1.807) is 35.1 Å². The fourth-order valence-electron chi connectivity index (χ4n) is 3.88. The van der Waals surface area contributed by atoms with Crippen molar-refractivity contribution in [2.24, 2.45) is 4.99 Å². The van der Waals surface area contributed by atoms with Gasteiger partial charge in [-0.25, -0.2) is 4.99 Å². The largest absolute Gasteiger partial charge is 0.384 e. The fourth-order valence-corrected chi connectivity index (χ4v) is 6.22. The van der Waals surface area contributed by atoms with Gasteiger partial charge in [0, 0.05) is 30.9 Å². The number of pyridine rings is 1. The summed E-state index contributed by atoms with van der Waals surface area (Å²) in [4.78, 5) is 28.2. The first-order valence-corrected chi connectivity index (χ1v) is 12.7. The first-order valence-electron chi connectivity index (χ1n) is 11.1. The monoisotopic (exact) mass is 498 g/mol. The van der Waals surface area contributed by atoms with Crippen molar-refractivity contribution in [3.63, 3.8) is 0 Å². The Morgan fingerprint density at radius 3 is 2.74 bits per heavy atom. The van der Waals surface area contributed by atoms with E-state index in [4.69, 9.17) is 4.99 Å². The van der Waals surface area contributed by atoms with E-state index in [0.29, 0.717) is 27.9 Å². The van der Waals surface area contributed by atoms with Gasteiger partial charge in [-0.2, -0.15) is 5.26 Å². The third kappa shape index (κ3) is 4.50. The number of carbonyl (C=O) groups is 1. The molecule has 0 spiro atoms. The third-order valence-electron chi connectivity index (χ3n) is 5.57. The highest BCUT2D eigenvalue weighted by atomic mass is 32.2. The predicted octanol–water partition coefficient (Wildman–Crippen LogP) is 5.56. The Labute approximate surface area is 212 Å². The van der Waals surface area contributed by atoms with Crippen molar-refractivity contribution in [2.45, 2.75) is 18.4 Å². The summed E-state index contributed by atoms with van der Waals surface area (Å²) in [6.07, 6.45) is 3.47. The number of rotatable bonds is 5. The van der Waals surface area contributed by atoms with Crippen LogP contribution in [0, 0.1) is 11.3 Å². The summed E-state index contributed by atoms with van der Waals surface area (Å²) in [6.45, 7) is 3.06. The van der Waals surface area contributed by atoms with E-state index < -0.39 is 0 Å². The summed E-state index contributed by atoms with van der Waals surface area (Å²) in [6, 6.07) is 19.6. The highest BCUT2D eigenvalue weighted by Crippen LogP contribution is 2.50. The number of aromatic nitrogens is 1. The number of nitrogens with zero attached hydrogens (tertiary/aromatic N) is 5. The zero-order valence-corrected chi connectivity index (χ0v) is 20.9. The average Bonchev–Trinajstić information content (AvgIpc) is 3.37. The maximum absolute atomic E-state index is 13.7. The number of hydrogen-bond donors (Lipinski definition) is 1. The van der Waals surface area contributed by atoms with Gasteiger partial charge in [-0.05, 0) is 60.6 Å². The summed E-state index contributed by atoms with van der Waals surface area (Å²) in [5.74, 6) is -0.0930. The van der Waals surface area contributed by atoms with Gasteiger partial charge >= 0.3 is 0 Å². The molecule has 0 bridgehead atoms. The number of amidine groups is 1. The number of fused-ring (bicyclic) bond motifs is 1. The molecule has 1 saturated heterocycles. The average molecular weight is 499 g/mol. The molecule has 5 rings (SSSR count). The topological polar surface area (TPSA) is 84.6 Å². The van der Waals surface area contributed by atoms with E-state index in [9.17, 15) is 10.1 Å². The summed E-state index contributed by atoms with van der Waals surface area (Å²) in [7, 11) is 1.98. The Balaban J connectivity index is 1.55. The number of aliphatic imine (C=N–C) groups is 1. The van der Waals surface area contributed by atoms with Crippen LogP contribution in [-0.4, -0.2) is 34.6 Å². The molecule has 1 amide bonds. The van der Waals surface area contributed by atoms with Crippen molar-refractivity contribution >= 4 is 51.7 Å². The minimum Gasteiger partial charge on any atom is -0.384 e. The van der Waals surface area contributed by atoms with Crippen molar-refractivity contribution in [1.82, 2.24) is 9.88 Å². The van der Waals surface area contributed by atoms with Gasteiger partial charge in [0.15, 0.2) is 5.17 Å². The number of anilines is 2. The lowest BCUT2D eigenvalue weighted by atomic mass is 10.1. The quantitative estimate of drug-likeness (QED) is 0.461. The molecular formula is C26H22N6OS2. The zero-order valence-electron chi connectivity index (χ0n) is 19.2. The molecule has 174 valence electrons. The number of nitrogens with one attached hydrogen (secondary N) is 1. The molecule has 1 aromatic heterocycles. The van der Waals surface area contributed by atoms with Gasteiger partial charge in [-0.15, -0.1) is 0 Å². The molecule has 2 aromatic carbocycles. The standard InChI is InChI=1S/C26H22N6OS2/c1-3-29-20-11-10-19(13-18(20)14-27)30-26-32(16-17-7-6-12-28-15-17)24(33)23(35-26)25-31(2)21-8-4-5-9-22(21)34-25/h4-13,15,29H,3,16H2,1-2H3/b25-23+,30-26?. The van der Waals surface area contributed by atoms with Crippen molar-refractivity contribution in [3.05, 3.63) is 88.1 Å². The van der Waals surface area contributed by atoms with Crippen LogP contribution in [-0.2, 0) is 11.3 Å². The first-order chi connectivity index (χ1) is 17.1. The predicted molar refractivity (Wildman–Crippen MR) is 143 cm³/mol. The molecule has 0 unspecified atom stereocenters. The van der Waals surface area contributed by atoms with E-state index in [1.807, 2.05) is 50.4 Å². The Kier molecular flexibility index (Phi) is 6.49. The van der Waals surface area contributed by atoms with Crippen LogP contribution in [0.5, 0.6) is 0 Å². The first kappa shape index (κ1) is 23.0. The Bertz CT molecular complexity index is 1400. The minimum atomic E-state index is -0.0930. The number of amides is 1. The molecule has 0 aliphatic carbocycles. The SMILES string of the molecule is CCNc1ccc(N=C2S/C(=C3/Sc4ccccc4N3C)C(=O)N2Cc2cccnc2)cc1C#N. The van der Waals surface area contributed by atoms with Crippen LogP contribution in [0.2, 0.25) is 0 Å². The lowest BCUT2D eigenvalue weighted by Crippen LogP contribution is -2.29. The molecule has 3 aromatic rings. The number of thioether (sulfide) groups is 2. The molecule has 1 N–H and O–H groups in total. The van der Waals surface area contributed by atoms with Crippen LogP contribution in [0.1, 0.15) is 18.1 Å². The van der Waals surface area contributed by atoms with Crippen LogP contribution >= 0.6 is 23.5 Å². The Morgan fingerprint density at radius 1 is 1.14 bits per heavy atom. The molecule has 35 heavy (non-hydrogen) atoms. The van der Waals surface area contributed by atoms with Gasteiger partial charge in [0.2, 0.25) is 0 Å². The molecule has 9 heteroatoms. The number of benzene rings is 2. The van der Waals surface area contributed by atoms with Crippen LogP contribution in [0.25, 0.3) is 0 Å². The highest BCUT2D eigenvalue weighted by molar-refractivity contribution is 8.19. The van der Waals surface area contributed by atoms with E-state index in [1.165, 1.54) is 11.8 Å². The van der Waals surface area contributed by atoms with Crippen LogP contribution < -0.4 is 10.2 Å². The molecule has 7 nitrogen and oxygen atoms in total. The number of para-hydroxylation sites is 1. The molecule has 0 saturated carbocycles. The van der Waals surface area contributed by atoms with Crippen LogP contribution in [0.3, 0.4) is 0 Å². The van der Waals surface area contributed by atoms with E-state index in [0.717, 1.165) is 33.4 Å². The third-order valence-corrected chi connectivity index (χ3v) is 8.01. The van der Waals surface area contributed by atoms with Crippen molar-refractivity contribution < 1.29 is 4.79 Å². The van der Waals surface area contributed by atoms with Gasteiger partial charge in [-0.3, -0.25) is 14.7 Å². The summed E-state index contributed by atoms with van der Waals surface area (Å²) in [5.41, 5.74) is 3.90. The van der Waals surface area contributed by atoms with Crippen molar-refractivity contribution in [3.8, 4) is 6.07 Å². The lowest BCUT2D eigenvalue weighted by molar-refractivity contribution is -0.122. The van der Waals surface area contributed by atoms with Crippen LogP contribution in [0.15, 0.2) is 86.8 Å². The second-order valence-corrected chi connectivity index (χ2v) is 9.89. The number of carbonyl (C=O) groups excluding carboxylic acids is 1. The van der Waals surface area contributed by atoms with Gasteiger partial charge in [0.1, 0.15) is 11.0 Å².